The fraction of sp³-hybridized carbons (Fsp3) is 0.115. The molecule has 4 aromatic rings. The minimum Gasteiger partial charge on any atom is -0.495 e. The maximum absolute atomic E-state index is 13.3. The second-order valence-corrected chi connectivity index (χ2v) is 9.20. The molecule has 0 aliphatic rings. The molecule has 1 heterocycles. The number of anilines is 1. The Morgan fingerprint density at radius 1 is 0.909 bits per heavy atom. The van der Waals surface area contributed by atoms with Gasteiger partial charge in [-0.15, -0.1) is 0 Å². The van der Waals surface area contributed by atoms with Gasteiger partial charge in [0.15, 0.2) is 0 Å². The van der Waals surface area contributed by atoms with Crippen molar-refractivity contribution in [2.24, 2.45) is 0 Å². The Morgan fingerprint density at radius 3 is 2.06 bits per heavy atom. The summed E-state index contributed by atoms with van der Waals surface area (Å²) in [5, 5.41) is 10.00. The number of benzene rings is 3. The molecule has 0 saturated heterocycles. The minimum absolute atomic E-state index is 0.0316. The number of sulfonamides is 1. The van der Waals surface area contributed by atoms with Crippen LogP contribution in [0.4, 0.5) is 5.88 Å². The van der Waals surface area contributed by atoms with Gasteiger partial charge in [0.05, 0.1) is 7.11 Å². The molecule has 0 aliphatic carbocycles. The summed E-state index contributed by atoms with van der Waals surface area (Å²) >= 11 is 0. The maximum atomic E-state index is 13.3. The van der Waals surface area contributed by atoms with Crippen LogP contribution in [0.2, 0.25) is 0 Å². The lowest BCUT2D eigenvalue weighted by Gasteiger charge is -2.13. The first kappa shape index (κ1) is 22.2. The van der Waals surface area contributed by atoms with Crippen molar-refractivity contribution in [1.29, 1.82) is 5.26 Å². The van der Waals surface area contributed by atoms with E-state index in [0.29, 0.717) is 11.3 Å². The van der Waals surface area contributed by atoms with Gasteiger partial charge in [0.2, 0.25) is 5.88 Å². The molecule has 4 rings (SSSR count). The van der Waals surface area contributed by atoms with E-state index in [9.17, 15) is 13.7 Å². The van der Waals surface area contributed by atoms with E-state index < -0.39 is 10.0 Å². The van der Waals surface area contributed by atoms with Crippen LogP contribution < -0.4 is 9.46 Å². The average molecular weight is 459 g/mol. The van der Waals surface area contributed by atoms with Crippen molar-refractivity contribution < 1.29 is 17.6 Å². The number of furan rings is 1. The second-order valence-electron chi connectivity index (χ2n) is 7.55. The predicted octanol–water partition coefficient (Wildman–Crippen LogP) is 5.91. The van der Waals surface area contributed by atoms with E-state index in [4.69, 9.17) is 9.15 Å². The van der Waals surface area contributed by atoms with Crippen LogP contribution in [-0.2, 0) is 10.0 Å². The molecule has 0 atom stereocenters. The highest BCUT2D eigenvalue weighted by Gasteiger charge is 2.28. The van der Waals surface area contributed by atoms with Gasteiger partial charge < -0.3 is 9.15 Å². The Morgan fingerprint density at radius 2 is 1.48 bits per heavy atom. The molecule has 7 heteroatoms. The molecule has 0 fully saturated rings. The zero-order chi connectivity index (χ0) is 23.6. The Labute approximate surface area is 193 Å². The highest BCUT2D eigenvalue weighted by atomic mass is 32.2. The molecule has 0 spiro atoms. The smallest absolute Gasteiger partial charge is 0.267 e. The standard InChI is InChI=1S/C26H22N2O4S/c1-17-14-22(31-3)23(15-18(17)2)33(29,30)28-26-21(16-27)24(19-10-6-4-7-11-19)25(32-26)20-12-8-5-9-13-20/h4-15,28H,1-3H3. The molecule has 1 aromatic heterocycles. The van der Waals surface area contributed by atoms with Crippen molar-refractivity contribution in [3.05, 3.63) is 89.5 Å². The van der Waals surface area contributed by atoms with Gasteiger partial charge in [-0.2, -0.15) is 5.26 Å². The molecule has 33 heavy (non-hydrogen) atoms. The number of nitrogens with one attached hydrogen (secondary N) is 1. The minimum atomic E-state index is -4.12. The van der Waals surface area contributed by atoms with Gasteiger partial charge in [-0.3, -0.25) is 0 Å². The van der Waals surface area contributed by atoms with Crippen LogP contribution in [-0.4, -0.2) is 15.5 Å². The van der Waals surface area contributed by atoms with Crippen LogP contribution in [0.1, 0.15) is 16.7 Å². The third-order valence-corrected chi connectivity index (χ3v) is 6.77. The van der Waals surface area contributed by atoms with Gasteiger partial charge in [0, 0.05) is 11.1 Å². The molecular weight excluding hydrogens is 436 g/mol. The fourth-order valence-corrected chi connectivity index (χ4v) is 4.83. The number of nitriles is 1. The van der Waals surface area contributed by atoms with Crippen molar-refractivity contribution in [3.8, 4) is 34.3 Å². The van der Waals surface area contributed by atoms with Crippen molar-refractivity contribution in [2.45, 2.75) is 18.7 Å². The summed E-state index contributed by atoms with van der Waals surface area (Å²) in [5.74, 6) is 0.473. The highest BCUT2D eigenvalue weighted by Crippen LogP contribution is 2.42. The Bertz CT molecular complexity index is 1450. The second kappa shape index (κ2) is 8.85. The number of hydrogen-bond acceptors (Lipinski definition) is 5. The molecule has 0 bridgehead atoms. The molecule has 0 aliphatic heterocycles. The van der Waals surface area contributed by atoms with Gasteiger partial charge in [0.25, 0.3) is 10.0 Å². The summed E-state index contributed by atoms with van der Waals surface area (Å²) in [6, 6.07) is 23.9. The summed E-state index contributed by atoms with van der Waals surface area (Å²) in [5.41, 5.74) is 3.79. The van der Waals surface area contributed by atoms with Crippen LogP contribution >= 0.6 is 0 Å². The summed E-state index contributed by atoms with van der Waals surface area (Å²) in [6.45, 7) is 3.70. The van der Waals surface area contributed by atoms with Crippen LogP contribution in [0.25, 0.3) is 22.5 Å². The topological polar surface area (TPSA) is 92.3 Å². The van der Waals surface area contributed by atoms with E-state index in [1.165, 1.54) is 7.11 Å². The molecule has 6 nitrogen and oxygen atoms in total. The third kappa shape index (κ3) is 4.21. The number of aryl methyl sites for hydroxylation is 2. The zero-order valence-electron chi connectivity index (χ0n) is 18.4. The molecular formula is C26H22N2O4S. The Balaban J connectivity index is 1.90. The predicted molar refractivity (Wildman–Crippen MR) is 128 cm³/mol. The number of rotatable bonds is 6. The molecule has 0 saturated carbocycles. The van der Waals surface area contributed by atoms with Gasteiger partial charge in [-0.1, -0.05) is 60.7 Å². The normalized spacial score (nSPS) is 11.1. The van der Waals surface area contributed by atoms with Gasteiger partial charge in [-0.05, 0) is 42.7 Å². The monoisotopic (exact) mass is 458 g/mol. The summed E-state index contributed by atoms with van der Waals surface area (Å²) in [4.78, 5) is -0.0316. The number of nitrogens with zero attached hydrogens (tertiary/aromatic N) is 1. The number of methoxy groups -OCH3 is 1. The van der Waals surface area contributed by atoms with Crippen LogP contribution in [0.3, 0.4) is 0 Å². The molecule has 1 N–H and O–H groups in total. The van der Waals surface area contributed by atoms with Crippen LogP contribution in [0.15, 0.2) is 82.1 Å². The Kier molecular flexibility index (Phi) is 5.95. The summed E-state index contributed by atoms with van der Waals surface area (Å²) in [7, 11) is -2.70. The first-order valence-corrected chi connectivity index (χ1v) is 11.7. The third-order valence-electron chi connectivity index (χ3n) is 5.42. The van der Waals surface area contributed by atoms with Crippen LogP contribution in [0.5, 0.6) is 5.75 Å². The van der Waals surface area contributed by atoms with Crippen molar-refractivity contribution in [1.82, 2.24) is 0 Å². The van der Waals surface area contributed by atoms with Crippen LogP contribution in [0, 0.1) is 25.2 Å². The molecule has 166 valence electrons. The van der Waals surface area contributed by atoms with E-state index in [1.54, 1.807) is 12.1 Å². The van der Waals surface area contributed by atoms with E-state index in [1.807, 2.05) is 74.5 Å². The lowest BCUT2D eigenvalue weighted by Crippen LogP contribution is -2.15. The molecule has 0 amide bonds. The lowest BCUT2D eigenvalue weighted by molar-refractivity contribution is 0.402. The van der Waals surface area contributed by atoms with E-state index in [0.717, 1.165) is 22.3 Å². The van der Waals surface area contributed by atoms with E-state index in [2.05, 4.69) is 10.8 Å². The van der Waals surface area contributed by atoms with E-state index >= 15 is 0 Å². The zero-order valence-corrected chi connectivity index (χ0v) is 19.2. The first-order valence-electron chi connectivity index (χ1n) is 10.2. The maximum Gasteiger partial charge on any atom is 0.267 e. The lowest BCUT2D eigenvalue weighted by atomic mass is 9.98. The average Bonchev–Trinajstić information content (AvgIpc) is 3.19. The number of ether oxygens (including phenoxy) is 1. The van der Waals surface area contributed by atoms with Crippen molar-refractivity contribution in [3.63, 3.8) is 0 Å². The molecule has 3 aromatic carbocycles. The Hall–Kier alpha value is -4.02. The van der Waals surface area contributed by atoms with Gasteiger partial charge >= 0.3 is 0 Å². The highest BCUT2D eigenvalue weighted by molar-refractivity contribution is 7.92. The van der Waals surface area contributed by atoms with Gasteiger partial charge in [-0.25, -0.2) is 13.1 Å². The van der Waals surface area contributed by atoms with E-state index in [-0.39, 0.29) is 22.1 Å². The SMILES string of the molecule is COc1cc(C)c(C)cc1S(=O)(=O)Nc1oc(-c2ccccc2)c(-c2ccccc2)c1C#N. The fourth-order valence-electron chi connectivity index (χ4n) is 3.59. The molecule has 0 unspecified atom stereocenters. The van der Waals surface area contributed by atoms with Gasteiger partial charge in [0.1, 0.15) is 28.0 Å². The number of hydrogen-bond donors (Lipinski definition) is 1. The largest absolute Gasteiger partial charge is 0.495 e. The van der Waals surface area contributed by atoms with Crippen molar-refractivity contribution in [2.75, 3.05) is 11.8 Å². The molecule has 0 radical (unpaired) electrons. The summed E-state index contributed by atoms with van der Waals surface area (Å²) < 4.78 is 40.5. The quantitative estimate of drug-likeness (QED) is 0.388. The van der Waals surface area contributed by atoms with Crippen molar-refractivity contribution >= 4 is 15.9 Å². The summed E-state index contributed by atoms with van der Waals surface area (Å²) in [6.07, 6.45) is 0. The first-order chi connectivity index (χ1) is 15.9.